The zero-order valence-corrected chi connectivity index (χ0v) is 15.4. The third-order valence-corrected chi connectivity index (χ3v) is 6.44. The highest BCUT2D eigenvalue weighted by atomic mass is 79.9. The van der Waals surface area contributed by atoms with Crippen molar-refractivity contribution in [1.29, 1.82) is 0 Å². The molecule has 18 heavy (non-hydrogen) atoms. The Morgan fingerprint density at radius 1 is 1.28 bits per heavy atom. The highest BCUT2D eigenvalue weighted by Gasteiger charge is 2.17. The topological polar surface area (TPSA) is 12.0 Å². The van der Waals surface area contributed by atoms with Crippen LogP contribution in [-0.4, -0.2) is 6.54 Å². The Morgan fingerprint density at radius 3 is 2.50 bits per heavy atom. The molecular weight excluding hydrogens is 374 g/mol. The number of hydrogen-bond donors (Lipinski definition) is 1. The van der Waals surface area contributed by atoms with Crippen LogP contribution in [-0.2, 0) is 0 Å². The van der Waals surface area contributed by atoms with Crippen LogP contribution in [0, 0.1) is 5.92 Å². The van der Waals surface area contributed by atoms with Crippen LogP contribution in [0.2, 0.25) is 0 Å². The molecular formula is C14H23Br2NS. The van der Waals surface area contributed by atoms with Crippen LogP contribution in [0.15, 0.2) is 14.3 Å². The molecule has 1 N–H and O–H groups in total. The SMILES string of the molecule is CCCNC(CC(C)CCC)c1cc(Br)c(Br)s1. The second-order valence-electron chi connectivity index (χ2n) is 4.91. The Kier molecular flexibility index (Phi) is 8.08. The summed E-state index contributed by atoms with van der Waals surface area (Å²) in [6.07, 6.45) is 5.01. The van der Waals surface area contributed by atoms with E-state index in [2.05, 4.69) is 64.0 Å². The Labute approximate surface area is 132 Å². The van der Waals surface area contributed by atoms with Gasteiger partial charge in [0.15, 0.2) is 0 Å². The molecule has 1 heterocycles. The lowest BCUT2D eigenvalue weighted by atomic mass is 9.96. The van der Waals surface area contributed by atoms with Gasteiger partial charge in [-0.3, -0.25) is 0 Å². The van der Waals surface area contributed by atoms with Crippen molar-refractivity contribution >= 4 is 43.2 Å². The van der Waals surface area contributed by atoms with Crippen LogP contribution in [0.4, 0.5) is 0 Å². The van der Waals surface area contributed by atoms with Crippen molar-refractivity contribution < 1.29 is 0 Å². The van der Waals surface area contributed by atoms with Crippen LogP contribution in [0.1, 0.15) is 57.4 Å². The number of thiophene rings is 1. The van der Waals surface area contributed by atoms with Gasteiger partial charge >= 0.3 is 0 Å². The van der Waals surface area contributed by atoms with Crippen molar-refractivity contribution in [2.45, 2.75) is 52.5 Å². The summed E-state index contributed by atoms with van der Waals surface area (Å²) in [5, 5.41) is 3.68. The first-order chi connectivity index (χ1) is 8.58. The molecule has 0 saturated carbocycles. The molecule has 0 aliphatic rings. The summed E-state index contributed by atoms with van der Waals surface area (Å²) in [6, 6.07) is 2.75. The molecule has 0 radical (unpaired) electrons. The summed E-state index contributed by atoms with van der Waals surface area (Å²) in [5.41, 5.74) is 0. The van der Waals surface area contributed by atoms with Crippen molar-refractivity contribution in [3.63, 3.8) is 0 Å². The predicted octanol–water partition coefficient (Wildman–Crippen LogP) is 6.14. The molecule has 0 amide bonds. The van der Waals surface area contributed by atoms with Crippen LogP contribution in [0.5, 0.6) is 0 Å². The minimum atomic E-state index is 0.499. The van der Waals surface area contributed by atoms with Gasteiger partial charge in [-0.1, -0.05) is 33.6 Å². The second-order valence-corrected chi connectivity index (χ2v) is 8.16. The average molecular weight is 397 g/mol. The van der Waals surface area contributed by atoms with E-state index in [4.69, 9.17) is 0 Å². The van der Waals surface area contributed by atoms with Gasteiger partial charge in [0, 0.05) is 15.4 Å². The van der Waals surface area contributed by atoms with Crippen LogP contribution >= 0.6 is 43.2 Å². The summed E-state index contributed by atoms with van der Waals surface area (Å²) >= 11 is 9.02. The van der Waals surface area contributed by atoms with E-state index >= 15 is 0 Å². The molecule has 0 fully saturated rings. The molecule has 1 aromatic rings. The minimum absolute atomic E-state index is 0.499. The summed E-state index contributed by atoms with van der Waals surface area (Å²) in [4.78, 5) is 1.44. The van der Waals surface area contributed by atoms with Crippen LogP contribution in [0.3, 0.4) is 0 Å². The predicted molar refractivity (Wildman–Crippen MR) is 89.4 cm³/mol. The highest BCUT2D eigenvalue weighted by molar-refractivity contribution is 9.13. The maximum absolute atomic E-state index is 3.68. The number of nitrogens with one attached hydrogen (secondary N) is 1. The Hall–Kier alpha value is 0.620. The van der Waals surface area contributed by atoms with Crippen molar-refractivity contribution in [1.82, 2.24) is 5.32 Å². The lowest BCUT2D eigenvalue weighted by Gasteiger charge is -2.21. The van der Waals surface area contributed by atoms with E-state index in [0.29, 0.717) is 6.04 Å². The highest BCUT2D eigenvalue weighted by Crippen LogP contribution is 2.37. The van der Waals surface area contributed by atoms with Crippen LogP contribution in [0.25, 0.3) is 0 Å². The van der Waals surface area contributed by atoms with Crippen molar-refractivity contribution in [2.24, 2.45) is 5.92 Å². The molecule has 1 rings (SSSR count). The zero-order valence-electron chi connectivity index (χ0n) is 11.4. The largest absolute Gasteiger partial charge is 0.309 e. The molecule has 2 unspecified atom stereocenters. The first-order valence-corrected chi connectivity index (χ1v) is 9.16. The average Bonchev–Trinajstić information content (AvgIpc) is 2.65. The maximum atomic E-state index is 3.68. The molecule has 2 atom stereocenters. The van der Waals surface area contributed by atoms with Gasteiger partial charge in [-0.25, -0.2) is 0 Å². The monoisotopic (exact) mass is 395 g/mol. The van der Waals surface area contributed by atoms with E-state index in [1.165, 1.54) is 38.8 Å². The third-order valence-electron chi connectivity index (χ3n) is 3.07. The third kappa shape index (κ3) is 5.32. The van der Waals surface area contributed by atoms with Gasteiger partial charge in [-0.2, -0.15) is 0 Å². The van der Waals surface area contributed by atoms with E-state index < -0.39 is 0 Å². The lowest BCUT2D eigenvalue weighted by Crippen LogP contribution is -2.23. The minimum Gasteiger partial charge on any atom is -0.309 e. The van der Waals surface area contributed by atoms with Crippen molar-refractivity contribution in [3.8, 4) is 0 Å². The number of rotatable bonds is 8. The van der Waals surface area contributed by atoms with Gasteiger partial charge < -0.3 is 5.32 Å². The lowest BCUT2D eigenvalue weighted by molar-refractivity contribution is 0.394. The Morgan fingerprint density at radius 2 is 2.00 bits per heavy atom. The van der Waals surface area contributed by atoms with Gasteiger partial charge in [0.25, 0.3) is 0 Å². The molecule has 104 valence electrons. The van der Waals surface area contributed by atoms with Crippen molar-refractivity contribution in [3.05, 3.63) is 19.2 Å². The van der Waals surface area contributed by atoms with E-state index in [0.717, 1.165) is 12.5 Å². The van der Waals surface area contributed by atoms with Crippen LogP contribution < -0.4 is 5.32 Å². The number of halogens is 2. The molecule has 0 aliphatic heterocycles. The van der Waals surface area contributed by atoms with E-state index in [9.17, 15) is 0 Å². The van der Waals surface area contributed by atoms with Crippen molar-refractivity contribution in [2.75, 3.05) is 6.54 Å². The summed E-state index contributed by atoms with van der Waals surface area (Å²) in [7, 11) is 0. The molecule has 0 aromatic carbocycles. The fraction of sp³-hybridized carbons (Fsp3) is 0.714. The Balaban J connectivity index is 2.70. The first-order valence-electron chi connectivity index (χ1n) is 6.76. The first kappa shape index (κ1) is 16.7. The van der Waals surface area contributed by atoms with E-state index in [-0.39, 0.29) is 0 Å². The fourth-order valence-electron chi connectivity index (χ4n) is 2.17. The summed E-state index contributed by atoms with van der Waals surface area (Å²) in [6.45, 7) is 7.95. The van der Waals surface area contributed by atoms with Gasteiger partial charge in [-0.05, 0) is 63.2 Å². The fourth-order valence-corrected chi connectivity index (χ4v) is 4.34. The molecule has 4 heteroatoms. The maximum Gasteiger partial charge on any atom is 0.0843 e. The summed E-state index contributed by atoms with van der Waals surface area (Å²) < 4.78 is 2.37. The van der Waals surface area contributed by atoms with E-state index in [1.54, 1.807) is 0 Å². The standard InChI is InChI=1S/C14H23Br2NS/c1-4-6-10(3)8-12(17-7-5-2)13-9-11(15)14(16)18-13/h9-10,12,17H,4-8H2,1-3H3. The molecule has 0 spiro atoms. The Bertz CT molecular complexity index is 332. The molecule has 0 bridgehead atoms. The van der Waals surface area contributed by atoms with E-state index in [1.807, 2.05) is 11.3 Å². The van der Waals surface area contributed by atoms with Gasteiger partial charge in [-0.15, -0.1) is 11.3 Å². The summed E-state index contributed by atoms with van der Waals surface area (Å²) in [5.74, 6) is 0.781. The second kappa shape index (κ2) is 8.72. The van der Waals surface area contributed by atoms with Gasteiger partial charge in [0.2, 0.25) is 0 Å². The molecule has 0 aliphatic carbocycles. The quantitative estimate of drug-likeness (QED) is 0.556. The molecule has 0 saturated heterocycles. The zero-order chi connectivity index (χ0) is 13.5. The molecule has 1 aromatic heterocycles. The number of hydrogen-bond acceptors (Lipinski definition) is 2. The van der Waals surface area contributed by atoms with Gasteiger partial charge in [0.1, 0.15) is 0 Å². The van der Waals surface area contributed by atoms with Gasteiger partial charge in [0.05, 0.1) is 3.79 Å². The smallest absolute Gasteiger partial charge is 0.0843 e. The molecule has 1 nitrogen and oxygen atoms in total. The normalized spacial score (nSPS) is 14.7.